The van der Waals surface area contributed by atoms with E-state index in [0.29, 0.717) is 18.4 Å². The summed E-state index contributed by atoms with van der Waals surface area (Å²) in [6, 6.07) is 0.343. The maximum Gasteiger partial charge on any atom is 0.217 e. The molecule has 0 radical (unpaired) electrons. The van der Waals surface area contributed by atoms with Gasteiger partial charge in [0.05, 0.1) is 0 Å². The number of nitrogens with one attached hydrogen (secondary N) is 1. The first kappa shape index (κ1) is 11.2. The van der Waals surface area contributed by atoms with Crippen molar-refractivity contribution >= 4 is 11.7 Å². The topological polar surface area (TPSA) is 46.2 Å². The van der Waals surface area contributed by atoms with Gasteiger partial charge in [0.25, 0.3) is 0 Å². The predicted molar refractivity (Wildman–Crippen MR) is 54.9 cm³/mol. The van der Waals surface area contributed by atoms with E-state index in [1.54, 1.807) is 13.8 Å². The highest BCUT2D eigenvalue weighted by atomic mass is 16.1. The lowest BCUT2D eigenvalue weighted by Gasteiger charge is -2.28. The summed E-state index contributed by atoms with van der Waals surface area (Å²) in [5.74, 6) is 0.894. The Balaban J connectivity index is 2.24. The van der Waals surface area contributed by atoms with Crippen LogP contribution in [0.1, 0.15) is 46.0 Å². The van der Waals surface area contributed by atoms with Gasteiger partial charge in [-0.15, -0.1) is 0 Å². The van der Waals surface area contributed by atoms with E-state index in [1.807, 2.05) is 0 Å². The Labute approximate surface area is 85.3 Å². The fourth-order valence-electron chi connectivity index (χ4n) is 2.20. The van der Waals surface area contributed by atoms with Crippen molar-refractivity contribution in [3.63, 3.8) is 0 Å². The van der Waals surface area contributed by atoms with Crippen molar-refractivity contribution in [3.05, 3.63) is 0 Å². The molecule has 14 heavy (non-hydrogen) atoms. The van der Waals surface area contributed by atoms with Gasteiger partial charge >= 0.3 is 0 Å². The first-order valence-corrected chi connectivity index (χ1v) is 5.34. The zero-order valence-electron chi connectivity index (χ0n) is 9.01. The van der Waals surface area contributed by atoms with Crippen LogP contribution in [0.4, 0.5) is 0 Å². The second kappa shape index (κ2) is 5.13. The average molecular weight is 197 g/mol. The van der Waals surface area contributed by atoms with Crippen LogP contribution in [0.25, 0.3) is 0 Å². The molecule has 0 saturated heterocycles. The number of amides is 1. The van der Waals surface area contributed by atoms with Gasteiger partial charge in [0.1, 0.15) is 5.78 Å². The van der Waals surface area contributed by atoms with Gasteiger partial charge in [-0.3, -0.25) is 4.79 Å². The Kier molecular flexibility index (Phi) is 4.11. The zero-order valence-corrected chi connectivity index (χ0v) is 9.01. The number of hydrogen-bond donors (Lipinski definition) is 1. The Morgan fingerprint density at radius 3 is 2.14 bits per heavy atom. The summed E-state index contributed by atoms with van der Waals surface area (Å²) in [5.41, 5.74) is 0. The van der Waals surface area contributed by atoms with E-state index in [4.69, 9.17) is 0 Å². The van der Waals surface area contributed by atoms with Crippen molar-refractivity contribution in [2.45, 2.75) is 52.0 Å². The predicted octanol–water partition coefficient (Wildman–Crippen LogP) is 1.66. The quantitative estimate of drug-likeness (QED) is 0.748. The fraction of sp³-hybridized carbons (Fsp3) is 0.818. The number of carbonyl (C=O) groups is 2. The zero-order chi connectivity index (χ0) is 10.6. The second-order valence-electron chi connectivity index (χ2n) is 4.32. The molecule has 0 unspecified atom stereocenters. The van der Waals surface area contributed by atoms with Gasteiger partial charge in [-0.2, -0.15) is 0 Å². The van der Waals surface area contributed by atoms with Crippen molar-refractivity contribution in [3.8, 4) is 0 Å². The van der Waals surface area contributed by atoms with Gasteiger partial charge < -0.3 is 10.1 Å². The van der Waals surface area contributed by atoms with Crippen LogP contribution in [0.2, 0.25) is 0 Å². The maximum atomic E-state index is 10.9. The average Bonchev–Trinajstić information content (AvgIpc) is 2.06. The minimum absolute atomic E-state index is 0.0556. The summed E-state index contributed by atoms with van der Waals surface area (Å²) < 4.78 is 0. The number of rotatable bonds is 3. The molecule has 1 aliphatic rings. The summed E-state index contributed by atoms with van der Waals surface area (Å²) in [5, 5.41) is 2.93. The van der Waals surface area contributed by atoms with E-state index in [2.05, 4.69) is 5.32 Å². The lowest BCUT2D eigenvalue weighted by molar-refractivity contribution is -0.120. The van der Waals surface area contributed by atoms with Crippen LogP contribution in [-0.4, -0.2) is 17.7 Å². The van der Waals surface area contributed by atoms with Crippen LogP contribution < -0.4 is 5.32 Å². The largest absolute Gasteiger partial charge is 0.354 e. The minimum atomic E-state index is 0.0556. The lowest BCUT2D eigenvalue weighted by Crippen LogP contribution is -2.36. The Morgan fingerprint density at radius 2 is 1.71 bits per heavy atom. The molecule has 1 fully saturated rings. The summed E-state index contributed by atoms with van der Waals surface area (Å²) in [6.07, 6.45) is 4.91. The van der Waals surface area contributed by atoms with Gasteiger partial charge in [-0.25, -0.2) is 0 Å². The van der Waals surface area contributed by atoms with E-state index in [-0.39, 0.29) is 11.7 Å². The highest BCUT2D eigenvalue weighted by Gasteiger charge is 2.22. The Bertz CT molecular complexity index is 193. The maximum absolute atomic E-state index is 10.9. The number of hydrogen-bond acceptors (Lipinski definition) is 2. The number of ketones is 1. The summed E-state index contributed by atoms with van der Waals surface area (Å²) in [6.45, 7) is 3.21. The fourth-order valence-corrected chi connectivity index (χ4v) is 2.20. The van der Waals surface area contributed by atoms with Crippen LogP contribution in [0, 0.1) is 5.92 Å². The third-order valence-electron chi connectivity index (χ3n) is 2.83. The molecule has 0 aromatic rings. The normalized spacial score (nSPS) is 27.0. The molecular weight excluding hydrogens is 178 g/mol. The first-order chi connectivity index (χ1) is 6.58. The molecule has 0 atom stereocenters. The van der Waals surface area contributed by atoms with E-state index in [1.165, 1.54) is 0 Å². The molecule has 1 amide bonds. The lowest BCUT2D eigenvalue weighted by atomic mass is 9.83. The smallest absolute Gasteiger partial charge is 0.217 e. The third-order valence-corrected chi connectivity index (χ3v) is 2.83. The minimum Gasteiger partial charge on any atom is -0.354 e. The van der Waals surface area contributed by atoms with Crippen LogP contribution in [0.3, 0.4) is 0 Å². The first-order valence-electron chi connectivity index (χ1n) is 5.34. The van der Waals surface area contributed by atoms with Crippen molar-refractivity contribution < 1.29 is 9.59 Å². The Hall–Kier alpha value is -0.860. The highest BCUT2D eigenvalue weighted by molar-refractivity contribution is 5.75. The molecule has 0 heterocycles. The number of Topliss-reactive ketones (excluding diaryl/α,β-unsaturated/α-hetero) is 1. The molecule has 0 aromatic carbocycles. The standard InChI is InChI=1S/C11H19NO2/c1-8(13)7-10-3-5-11(6-4-10)12-9(2)14/h10-11H,3-7H2,1-2H3,(H,12,14)/t10-,11-. The van der Waals surface area contributed by atoms with Crippen LogP contribution in [0.5, 0.6) is 0 Å². The molecule has 3 nitrogen and oxygen atoms in total. The molecule has 0 aromatic heterocycles. The number of carbonyl (C=O) groups excluding carboxylic acids is 2. The van der Waals surface area contributed by atoms with Gasteiger partial charge in [0, 0.05) is 19.4 Å². The van der Waals surface area contributed by atoms with Gasteiger partial charge in [0.15, 0.2) is 0 Å². The van der Waals surface area contributed by atoms with Crippen molar-refractivity contribution in [1.29, 1.82) is 0 Å². The van der Waals surface area contributed by atoms with Crippen LogP contribution in [0.15, 0.2) is 0 Å². The van der Waals surface area contributed by atoms with Crippen LogP contribution >= 0.6 is 0 Å². The van der Waals surface area contributed by atoms with Gasteiger partial charge in [-0.1, -0.05) is 0 Å². The second-order valence-corrected chi connectivity index (χ2v) is 4.32. The van der Waals surface area contributed by atoms with Gasteiger partial charge in [-0.05, 0) is 38.5 Å². The summed E-state index contributed by atoms with van der Waals surface area (Å²) >= 11 is 0. The van der Waals surface area contributed by atoms with Gasteiger partial charge in [0.2, 0.25) is 5.91 Å². The molecular formula is C11H19NO2. The van der Waals surface area contributed by atoms with E-state index in [9.17, 15) is 9.59 Å². The van der Waals surface area contributed by atoms with Crippen molar-refractivity contribution in [1.82, 2.24) is 5.32 Å². The van der Waals surface area contributed by atoms with E-state index >= 15 is 0 Å². The van der Waals surface area contributed by atoms with E-state index in [0.717, 1.165) is 25.7 Å². The highest BCUT2D eigenvalue weighted by Crippen LogP contribution is 2.26. The summed E-state index contributed by atoms with van der Waals surface area (Å²) in [7, 11) is 0. The Morgan fingerprint density at radius 1 is 1.14 bits per heavy atom. The molecule has 80 valence electrons. The van der Waals surface area contributed by atoms with Crippen molar-refractivity contribution in [2.75, 3.05) is 0 Å². The molecule has 0 aliphatic heterocycles. The van der Waals surface area contributed by atoms with Crippen molar-refractivity contribution in [2.24, 2.45) is 5.92 Å². The summed E-state index contributed by atoms with van der Waals surface area (Å²) in [4.78, 5) is 21.7. The monoisotopic (exact) mass is 197 g/mol. The van der Waals surface area contributed by atoms with Crippen LogP contribution in [-0.2, 0) is 9.59 Å². The molecule has 1 saturated carbocycles. The van der Waals surface area contributed by atoms with E-state index < -0.39 is 0 Å². The SMILES string of the molecule is CC(=O)C[C@H]1CC[C@H](NC(C)=O)CC1. The molecule has 3 heteroatoms. The molecule has 0 spiro atoms. The third kappa shape index (κ3) is 3.90. The molecule has 0 bridgehead atoms. The molecule has 1 rings (SSSR count). The molecule has 1 N–H and O–H groups in total. The molecule has 1 aliphatic carbocycles.